The molecule has 148 valence electrons. The molecule has 7 heteroatoms. The van der Waals surface area contributed by atoms with Crippen LogP contribution in [0.1, 0.15) is 50.8 Å². The quantitative estimate of drug-likeness (QED) is 0.607. The van der Waals surface area contributed by atoms with Crippen LogP contribution >= 0.6 is 12.4 Å². The van der Waals surface area contributed by atoms with E-state index in [9.17, 15) is 9.59 Å². The van der Waals surface area contributed by atoms with Crippen molar-refractivity contribution in [2.75, 3.05) is 20.3 Å². The fraction of sp³-hybridized carbons (Fsp3) is 0.579. The van der Waals surface area contributed by atoms with Gasteiger partial charge >= 0.3 is 0 Å². The lowest BCUT2D eigenvalue weighted by atomic mass is 9.99. The Morgan fingerprint density at radius 3 is 2.08 bits per heavy atom. The van der Waals surface area contributed by atoms with E-state index in [1.54, 1.807) is 0 Å². The first kappa shape index (κ1) is 24.4. The third-order valence-electron chi connectivity index (χ3n) is 4.07. The lowest BCUT2D eigenvalue weighted by molar-refractivity contribution is -0.132. The van der Waals surface area contributed by atoms with Gasteiger partial charge in [0.2, 0.25) is 11.8 Å². The van der Waals surface area contributed by atoms with Crippen molar-refractivity contribution in [2.24, 2.45) is 11.7 Å². The third kappa shape index (κ3) is 7.72. The molecular formula is C19H32ClN3O3. The summed E-state index contributed by atoms with van der Waals surface area (Å²) in [6, 6.07) is 7.19. The Morgan fingerprint density at radius 2 is 1.62 bits per heavy atom. The molecule has 1 unspecified atom stereocenters. The molecule has 0 spiro atoms. The van der Waals surface area contributed by atoms with E-state index in [1.165, 1.54) is 12.7 Å². The first-order chi connectivity index (χ1) is 11.8. The van der Waals surface area contributed by atoms with Crippen molar-refractivity contribution in [3.05, 3.63) is 35.4 Å². The predicted molar refractivity (Wildman–Crippen MR) is 106 cm³/mol. The second-order valence-electron chi connectivity index (χ2n) is 6.90. The maximum atomic E-state index is 12.4. The standard InChI is InChI=1S/C19H31N3O3.ClH/c1-12(2)14-6-8-15(9-7-14)16(20)10-21-19(24)18(13(3)4)22-17(23)11-25-5;/h6-9,12-13,16,18H,10-11,20H2,1-5H3,(H,21,24)(H,22,23);1H/t16?,18-;/m0./s1. The van der Waals surface area contributed by atoms with Crippen LogP contribution in [0.3, 0.4) is 0 Å². The number of benzene rings is 1. The normalized spacial score (nSPS) is 13.1. The lowest BCUT2D eigenvalue weighted by Gasteiger charge is -2.23. The van der Waals surface area contributed by atoms with Crippen molar-refractivity contribution in [2.45, 2.75) is 45.7 Å². The Morgan fingerprint density at radius 1 is 1.08 bits per heavy atom. The zero-order chi connectivity index (χ0) is 19.0. The molecule has 6 nitrogen and oxygen atoms in total. The number of carbonyl (C=O) groups excluding carboxylic acids is 2. The van der Waals surface area contributed by atoms with Crippen LogP contribution in [0.5, 0.6) is 0 Å². The van der Waals surface area contributed by atoms with E-state index in [1.807, 2.05) is 26.0 Å². The minimum atomic E-state index is -0.613. The number of nitrogens with two attached hydrogens (primary N) is 1. The number of hydrogen-bond donors (Lipinski definition) is 3. The first-order valence-corrected chi connectivity index (χ1v) is 8.67. The van der Waals surface area contributed by atoms with Crippen molar-refractivity contribution in [3.8, 4) is 0 Å². The van der Waals surface area contributed by atoms with Crippen LogP contribution in [0, 0.1) is 5.92 Å². The Bertz CT molecular complexity index is 562. The van der Waals surface area contributed by atoms with Gasteiger partial charge < -0.3 is 21.1 Å². The minimum Gasteiger partial charge on any atom is -0.375 e. The Labute approximate surface area is 162 Å². The zero-order valence-electron chi connectivity index (χ0n) is 16.2. The van der Waals surface area contributed by atoms with Crippen LogP contribution < -0.4 is 16.4 Å². The number of carbonyl (C=O) groups is 2. The van der Waals surface area contributed by atoms with Crippen LogP contribution in [0.2, 0.25) is 0 Å². The SMILES string of the molecule is COCC(=O)N[C@H](C(=O)NCC(N)c1ccc(C(C)C)cc1)C(C)C.Cl. The van der Waals surface area contributed by atoms with Gasteiger partial charge in [-0.1, -0.05) is 52.0 Å². The highest BCUT2D eigenvalue weighted by atomic mass is 35.5. The Hall–Kier alpha value is -1.63. The van der Waals surface area contributed by atoms with Crippen LogP contribution in [0.25, 0.3) is 0 Å². The molecule has 26 heavy (non-hydrogen) atoms. The monoisotopic (exact) mass is 385 g/mol. The molecule has 2 atom stereocenters. The van der Waals surface area contributed by atoms with E-state index in [0.29, 0.717) is 12.5 Å². The smallest absolute Gasteiger partial charge is 0.246 e. The number of hydrogen-bond acceptors (Lipinski definition) is 4. The van der Waals surface area contributed by atoms with E-state index < -0.39 is 6.04 Å². The fourth-order valence-corrected chi connectivity index (χ4v) is 2.45. The van der Waals surface area contributed by atoms with Gasteiger partial charge in [0, 0.05) is 19.7 Å². The molecule has 0 saturated carbocycles. The topological polar surface area (TPSA) is 93.4 Å². The molecule has 1 rings (SSSR count). The highest BCUT2D eigenvalue weighted by molar-refractivity contribution is 5.88. The molecule has 0 radical (unpaired) electrons. The van der Waals surface area contributed by atoms with E-state index in [-0.39, 0.29) is 42.8 Å². The molecule has 0 aliphatic carbocycles. The molecule has 1 aromatic carbocycles. The number of rotatable bonds is 9. The van der Waals surface area contributed by atoms with Gasteiger partial charge in [0.1, 0.15) is 12.6 Å². The van der Waals surface area contributed by atoms with Gasteiger partial charge in [-0.3, -0.25) is 9.59 Å². The average molecular weight is 386 g/mol. The summed E-state index contributed by atoms with van der Waals surface area (Å²) in [5.74, 6) is -0.131. The van der Waals surface area contributed by atoms with E-state index >= 15 is 0 Å². The second kappa shape index (κ2) is 11.9. The molecule has 0 bridgehead atoms. The van der Waals surface area contributed by atoms with Gasteiger partial charge in [-0.25, -0.2) is 0 Å². The van der Waals surface area contributed by atoms with E-state index in [2.05, 4.69) is 36.6 Å². The zero-order valence-corrected chi connectivity index (χ0v) is 17.1. The maximum absolute atomic E-state index is 12.4. The number of amides is 2. The largest absolute Gasteiger partial charge is 0.375 e. The van der Waals surface area contributed by atoms with E-state index in [0.717, 1.165) is 5.56 Å². The fourth-order valence-electron chi connectivity index (χ4n) is 2.45. The molecule has 2 amide bonds. The lowest BCUT2D eigenvalue weighted by Crippen LogP contribution is -2.51. The van der Waals surface area contributed by atoms with Crippen molar-refractivity contribution in [3.63, 3.8) is 0 Å². The summed E-state index contributed by atoms with van der Waals surface area (Å²) in [6.45, 7) is 8.27. The maximum Gasteiger partial charge on any atom is 0.246 e. The van der Waals surface area contributed by atoms with E-state index in [4.69, 9.17) is 10.5 Å². The van der Waals surface area contributed by atoms with Gasteiger partial charge in [-0.2, -0.15) is 0 Å². The van der Waals surface area contributed by atoms with Gasteiger partial charge in [-0.15, -0.1) is 12.4 Å². The number of ether oxygens (including phenoxy) is 1. The Kier molecular flexibility index (Phi) is 11.1. The number of halogens is 1. The van der Waals surface area contributed by atoms with Crippen molar-refractivity contribution in [1.82, 2.24) is 10.6 Å². The van der Waals surface area contributed by atoms with Gasteiger partial charge in [0.15, 0.2) is 0 Å². The van der Waals surface area contributed by atoms with Crippen LogP contribution in [0.15, 0.2) is 24.3 Å². The van der Waals surface area contributed by atoms with Gasteiger partial charge in [0.05, 0.1) is 0 Å². The van der Waals surface area contributed by atoms with Crippen molar-refractivity contribution >= 4 is 24.2 Å². The summed E-state index contributed by atoms with van der Waals surface area (Å²) in [7, 11) is 1.44. The summed E-state index contributed by atoms with van der Waals surface area (Å²) in [4.78, 5) is 24.0. The molecular weight excluding hydrogens is 354 g/mol. The molecule has 0 saturated heterocycles. The molecule has 0 aromatic heterocycles. The summed E-state index contributed by atoms with van der Waals surface area (Å²) in [5, 5.41) is 5.51. The highest BCUT2D eigenvalue weighted by Gasteiger charge is 2.24. The molecule has 0 heterocycles. The van der Waals surface area contributed by atoms with Crippen molar-refractivity contribution in [1.29, 1.82) is 0 Å². The number of methoxy groups -OCH3 is 1. The summed E-state index contributed by atoms with van der Waals surface area (Å²) < 4.78 is 4.78. The molecule has 0 aliphatic rings. The highest BCUT2D eigenvalue weighted by Crippen LogP contribution is 2.17. The molecule has 0 fully saturated rings. The first-order valence-electron chi connectivity index (χ1n) is 8.67. The molecule has 1 aromatic rings. The summed E-state index contributed by atoms with van der Waals surface area (Å²) in [6.07, 6.45) is 0. The summed E-state index contributed by atoms with van der Waals surface area (Å²) >= 11 is 0. The molecule has 0 aliphatic heterocycles. The van der Waals surface area contributed by atoms with Crippen molar-refractivity contribution < 1.29 is 14.3 Å². The van der Waals surface area contributed by atoms with Gasteiger partial charge in [-0.05, 0) is 23.0 Å². The van der Waals surface area contributed by atoms with Crippen LogP contribution in [-0.2, 0) is 14.3 Å². The third-order valence-corrected chi connectivity index (χ3v) is 4.07. The Balaban J connectivity index is 0.00000625. The van der Waals surface area contributed by atoms with Crippen LogP contribution in [-0.4, -0.2) is 38.1 Å². The van der Waals surface area contributed by atoms with Crippen LogP contribution in [0.4, 0.5) is 0 Å². The predicted octanol–water partition coefficient (Wildman–Crippen LogP) is 2.14. The molecule has 4 N–H and O–H groups in total. The minimum absolute atomic E-state index is 0. The number of nitrogens with one attached hydrogen (secondary N) is 2. The average Bonchev–Trinajstić information content (AvgIpc) is 2.57. The summed E-state index contributed by atoms with van der Waals surface area (Å²) in [5.41, 5.74) is 8.39. The second-order valence-corrected chi connectivity index (χ2v) is 6.90. The van der Waals surface area contributed by atoms with Gasteiger partial charge in [0.25, 0.3) is 0 Å².